The second-order valence-electron chi connectivity index (χ2n) is 5.32. The third-order valence-electron chi connectivity index (χ3n) is 3.45. The van der Waals surface area contributed by atoms with Crippen LogP contribution in [0.3, 0.4) is 0 Å². The molecule has 0 radical (unpaired) electrons. The van der Waals surface area contributed by atoms with Crippen LogP contribution >= 0.6 is 23.4 Å². The molecule has 1 amide bonds. The van der Waals surface area contributed by atoms with E-state index in [9.17, 15) is 14.4 Å². The Morgan fingerprint density at radius 2 is 2.08 bits per heavy atom. The molecule has 0 fully saturated rings. The molecule has 0 aliphatic heterocycles. The SMILES string of the molecule is CCOC(=O)c1c(SCC(=O)Nc2cccc(Cl)c2C)nc(=O)[nH]c1C. The number of rotatable bonds is 6. The van der Waals surface area contributed by atoms with Gasteiger partial charge in [0.2, 0.25) is 5.91 Å². The molecular weight excluding hydrogens is 378 g/mol. The lowest BCUT2D eigenvalue weighted by Gasteiger charge is -2.11. The largest absolute Gasteiger partial charge is 0.462 e. The van der Waals surface area contributed by atoms with Gasteiger partial charge >= 0.3 is 11.7 Å². The predicted molar refractivity (Wildman–Crippen MR) is 101 cm³/mol. The smallest absolute Gasteiger partial charge is 0.346 e. The van der Waals surface area contributed by atoms with E-state index in [2.05, 4.69) is 15.3 Å². The number of anilines is 1. The molecule has 0 atom stereocenters. The first kappa shape index (κ1) is 20.0. The molecule has 2 rings (SSSR count). The van der Waals surface area contributed by atoms with Gasteiger partial charge in [0.15, 0.2) is 0 Å². The molecule has 0 bridgehead atoms. The number of halogens is 1. The van der Waals surface area contributed by atoms with Crippen LogP contribution in [-0.4, -0.2) is 34.2 Å². The van der Waals surface area contributed by atoms with E-state index in [1.54, 1.807) is 39.0 Å². The third kappa shape index (κ3) is 4.86. The van der Waals surface area contributed by atoms with E-state index in [4.69, 9.17) is 16.3 Å². The summed E-state index contributed by atoms with van der Waals surface area (Å²) in [6.07, 6.45) is 0. The van der Waals surface area contributed by atoms with Gasteiger partial charge in [-0.25, -0.2) is 9.59 Å². The van der Waals surface area contributed by atoms with Gasteiger partial charge in [0, 0.05) is 16.4 Å². The van der Waals surface area contributed by atoms with Crippen molar-refractivity contribution in [2.75, 3.05) is 17.7 Å². The number of H-pyrrole nitrogens is 1. The summed E-state index contributed by atoms with van der Waals surface area (Å²) in [4.78, 5) is 42.2. The first-order valence-electron chi connectivity index (χ1n) is 7.79. The predicted octanol–water partition coefficient (Wildman–Crippen LogP) is 2.95. The molecule has 1 aromatic heterocycles. The van der Waals surface area contributed by atoms with E-state index in [1.807, 2.05) is 0 Å². The van der Waals surface area contributed by atoms with Crippen LogP contribution in [0.1, 0.15) is 28.5 Å². The van der Waals surface area contributed by atoms with E-state index in [1.165, 1.54) is 0 Å². The van der Waals surface area contributed by atoms with Crippen molar-refractivity contribution in [2.24, 2.45) is 0 Å². The maximum absolute atomic E-state index is 12.2. The van der Waals surface area contributed by atoms with Crippen LogP contribution in [0.25, 0.3) is 0 Å². The van der Waals surface area contributed by atoms with E-state index < -0.39 is 11.7 Å². The van der Waals surface area contributed by atoms with Crippen molar-refractivity contribution in [1.82, 2.24) is 9.97 Å². The fraction of sp³-hybridized carbons (Fsp3) is 0.294. The minimum absolute atomic E-state index is 0.0335. The average molecular weight is 396 g/mol. The summed E-state index contributed by atoms with van der Waals surface area (Å²) in [5.74, 6) is -0.939. The highest BCUT2D eigenvalue weighted by atomic mass is 35.5. The molecule has 9 heteroatoms. The Morgan fingerprint density at radius 1 is 1.35 bits per heavy atom. The summed E-state index contributed by atoms with van der Waals surface area (Å²) >= 11 is 7.02. The Balaban J connectivity index is 2.16. The number of carbonyl (C=O) groups excluding carboxylic acids is 2. The second kappa shape index (κ2) is 8.86. The van der Waals surface area contributed by atoms with Crippen molar-refractivity contribution in [1.29, 1.82) is 0 Å². The number of aromatic nitrogens is 2. The molecule has 0 saturated heterocycles. The first-order valence-corrected chi connectivity index (χ1v) is 9.15. The number of aromatic amines is 1. The summed E-state index contributed by atoms with van der Waals surface area (Å²) in [6, 6.07) is 5.21. The minimum atomic E-state index is -0.595. The van der Waals surface area contributed by atoms with Gasteiger partial charge in [-0.1, -0.05) is 29.4 Å². The highest BCUT2D eigenvalue weighted by Gasteiger charge is 2.20. The monoisotopic (exact) mass is 395 g/mol. The van der Waals surface area contributed by atoms with Crippen LogP contribution < -0.4 is 11.0 Å². The van der Waals surface area contributed by atoms with Crippen LogP contribution in [0.15, 0.2) is 28.0 Å². The topological polar surface area (TPSA) is 101 Å². The lowest BCUT2D eigenvalue weighted by molar-refractivity contribution is -0.113. The van der Waals surface area contributed by atoms with Gasteiger partial charge in [0.05, 0.1) is 12.4 Å². The van der Waals surface area contributed by atoms with Crippen molar-refractivity contribution in [2.45, 2.75) is 25.8 Å². The number of benzene rings is 1. The maximum Gasteiger partial charge on any atom is 0.346 e. The molecule has 0 spiro atoms. The molecule has 0 aliphatic rings. The lowest BCUT2D eigenvalue weighted by atomic mass is 10.2. The van der Waals surface area contributed by atoms with Gasteiger partial charge < -0.3 is 15.0 Å². The molecule has 2 N–H and O–H groups in total. The summed E-state index contributed by atoms with van der Waals surface area (Å²) in [5.41, 5.74) is 1.26. The highest BCUT2D eigenvalue weighted by molar-refractivity contribution is 8.00. The zero-order valence-electron chi connectivity index (χ0n) is 14.5. The Bertz CT molecular complexity index is 898. The molecule has 1 heterocycles. The van der Waals surface area contributed by atoms with Crippen LogP contribution in [0, 0.1) is 13.8 Å². The van der Waals surface area contributed by atoms with E-state index in [0.717, 1.165) is 17.3 Å². The number of ether oxygens (including phenoxy) is 1. The van der Waals surface area contributed by atoms with Gasteiger partial charge in [-0.15, -0.1) is 0 Å². The standard InChI is InChI=1S/C17H18ClN3O4S/c1-4-25-16(23)14-10(3)19-17(24)21-15(14)26-8-13(22)20-12-7-5-6-11(18)9(12)2/h5-7H,4,8H2,1-3H3,(H,20,22)(H,19,21,24). The van der Waals surface area contributed by atoms with Crippen LogP contribution in [0.2, 0.25) is 5.02 Å². The number of esters is 1. The average Bonchev–Trinajstić information content (AvgIpc) is 2.56. The van der Waals surface area contributed by atoms with E-state index in [0.29, 0.717) is 16.4 Å². The fourth-order valence-electron chi connectivity index (χ4n) is 2.17. The van der Waals surface area contributed by atoms with Crippen LogP contribution in [0.4, 0.5) is 5.69 Å². The van der Waals surface area contributed by atoms with E-state index in [-0.39, 0.29) is 28.9 Å². The van der Waals surface area contributed by atoms with Gasteiger partial charge in [0.1, 0.15) is 10.6 Å². The van der Waals surface area contributed by atoms with Gasteiger partial charge in [-0.2, -0.15) is 4.98 Å². The maximum atomic E-state index is 12.2. The third-order valence-corrected chi connectivity index (χ3v) is 4.83. The molecule has 0 saturated carbocycles. The number of amides is 1. The fourth-order valence-corrected chi connectivity index (χ4v) is 3.21. The van der Waals surface area contributed by atoms with Gasteiger partial charge in [0.25, 0.3) is 0 Å². The van der Waals surface area contributed by atoms with E-state index >= 15 is 0 Å². The highest BCUT2D eigenvalue weighted by Crippen LogP contribution is 2.25. The Labute approximate surface area is 159 Å². The van der Waals surface area contributed by atoms with Crippen molar-refractivity contribution in [3.8, 4) is 0 Å². The first-order chi connectivity index (χ1) is 12.3. The molecule has 0 aliphatic carbocycles. The Morgan fingerprint density at radius 3 is 2.77 bits per heavy atom. The number of thioether (sulfide) groups is 1. The molecule has 1 aromatic carbocycles. The molecular formula is C17H18ClN3O4S. The molecule has 7 nitrogen and oxygen atoms in total. The number of nitrogens with one attached hydrogen (secondary N) is 2. The van der Waals surface area contributed by atoms with Crippen molar-refractivity contribution >= 4 is 40.9 Å². The zero-order valence-corrected chi connectivity index (χ0v) is 16.1. The number of hydrogen-bond acceptors (Lipinski definition) is 6. The zero-order chi connectivity index (χ0) is 19.3. The lowest BCUT2D eigenvalue weighted by Crippen LogP contribution is -2.21. The molecule has 0 unspecified atom stereocenters. The minimum Gasteiger partial charge on any atom is -0.462 e. The quantitative estimate of drug-likeness (QED) is 0.443. The second-order valence-corrected chi connectivity index (χ2v) is 6.69. The van der Waals surface area contributed by atoms with Crippen LogP contribution in [0.5, 0.6) is 0 Å². The Kier molecular flexibility index (Phi) is 6.82. The number of nitrogens with zero attached hydrogens (tertiary/aromatic N) is 1. The summed E-state index contributed by atoms with van der Waals surface area (Å²) < 4.78 is 4.99. The molecule has 138 valence electrons. The number of aryl methyl sites for hydroxylation is 1. The molecule has 26 heavy (non-hydrogen) atoms. The number of hydrogen-bond donors (Lipinski definition) is 2. The summed E-state index contributed by atoms with van der Waals surface area (Å²) in [6.45, 7) is 5.25. The van der Waals surface area contributed by atoms with Gasteiger partial charge in [-0.05, 0) is 38.5 Å². The summed E-state index contributed by atoms with van der Waals surface area (Å²) in [5, 5.41) is 3.45. The normalized spacial score (nSPS) is 10.5. The van der Waals surface area contributed by atoms with Crippen molar-refractivity contribution in [3.63, 3.8) is 0 Å². The van der Waals surface area contributed by atoms with Crippen LogP contribution in [-0.2, 0) is 9.53 Å². The van der Waals surface area contributed by atoms with Gasteiger partial charge in [-0.3, -0.25) is 4.79 Å². The Hall–Kier alpha value is -2.32. The summed E-state index contributed by atoms with van der Waals surface area (Å²) in [7, 11) is 0. The van der Waals surface area contributed by atoms with Crippen molar-refractivity contribution < 1.29 is 14.3 Å². The van der Waals surface area contributed by atoms with Crippen molar-refractivity contribution in [3.05, 3.63) is 50.5 Å². The number of carbonyl (C=O) groups is 2. The molecule has 2 aromatic rings.